The minimum atomic E-state index is -3.76. The molecule has 2 aromatic rings. The third-order valence-electron chi connectivity index (χ3n) is 3.24. The summed E-state index contributed by atoms with van der Waals surface area (Å²) in [5, 5.41) is 10.8. The van der Waals surface area contributed by atoms with Crippen molar-refractivity contribution in [3.63, 3.8) is 0 Å². The Labute approximate surface area is 160 Å². The van der Waals surface area contributed by atoms with Gasteiger partial charge in [0, 0.05) is 5.75 Å². The Balaban J connectivity index is 2.17. The number of thioether (sulfide) groups is 1. The first-order valence-electron chi connectivity index (χ1n) is 7.74. The van der Waals surface area contributed by atoms with Gasteiger partial charge in [-0.05, 0) is 37.6 Å². The van der Waals surface area contributed by atoms with Crippen LogP contribution in [0.1, 0.15) is 20.3 Å². The number of sulfonamides is 1. The molecule has 0 aliphatic rings. The molecule has 0 bridgehead atoms. The van der Waals surface area contributed by atoms with Crippen LogP contribution in [-0.2, 0) is 14.8 Å². The lowest BCUT2D eigenvalue weighted by Gasteiger charge is -2.27. The molecule has 1 N–H and O–H groups in total. The lowest BCUT2D eigenvalue weighted by Crippen LogP contribution is -2.45. The fraction of sp³-hybridized carbons (Fsp3) is 0.400. The summed E-state index contributed by atoms with van der Waals surface area (Å²) >= 11 is 2.76. The summed E-state index contributed by atoms with van der Waals surface area (Å²) in [4.78, 5) is 12.5. The average Bonchev–Trinajstić information content (AvgIpc) is 3.01. The summed E-state index contributed by atoms with van der Waals surface area (Å²) < 4.78 is 39.1. The molecule has 0 aliphatic heterocycles. The second-order valence-electron chi connectivity index (χ2n) is 5.42. The minimum absolute atomic E-state index is 0.202. The molecule has 2 rings (SSSR count). The lowest BCUT2D eigenvalue weighted by atomic mass is 10.2. The first-order chi connectivity index (χ1) is 12.2. The first-order valence-corrected chi connectivity index (χ1v) is 11.4. The van der Waals surface area contributed by atoms with Crippen molar-refractivity contribution in [2.45, 2.75) is 30.6 Å². The van der Waals surface area contributed by atoms with Crippen LogP contribution in [0.2, 0.25) is 0 Å². The van der Waals surface area contributed by atoms with Crippen molar-refractivity contribution in [1.29, 1.82) is 0 Å². The molecule has 11 heteroatoms. The van der Waals surface area contributed by atoms with Gasteiger partial charge in [-0.25, -0.2) is 12.8 Å². The molecule has 1 unspecified atom stereocenters. The molecule has 1 aromatic heterocycles. The molecule has 7 nitrogen and oxygen atoms in total. The van der Waals surface area contributed by atoms with Crippen LogP contribution < -0.4 is 9.62 Å². The molecule has 0 spiro atoms. The number of anilines is 2. The zero-order valence-electron chi connectivity index (χ0n) is 14.5. The lowest BCUT2D eigenvalue weighted by molar-refractivity contribution is -0.116. The monoisotopic (exact) mass is 418 g/mol. The summed E-state index contributed by atoms with van der Waals surface area (Å²) in [6.45, 7) is 3.50. The van der Waals surface area contributed by atoms with E-state index in [9.17, 15) is 17.6 Å². The van der Waals surface area contributed by atoms with E-state index in [1.807, 2.05) is 6.92 Å². The summed E-state index contributed by atoms with van der Waals surface area (Å²) in [7, 11) is -3.76. The van der Waals surface area contributed by atoms with Gasteiger partial charge >= 0.3 is 0 Å². The first kappa shape index (κ1) is 20.6. The maximum atomic E-state index is 13.1. The summed E-state index contributed by atoms with van der Waals surface area (Å²) in [5.74, 6) is -0.154. The van der Waals surface area contributed by atoms with Crippen LogP contribution in [0.5, 0.6) is 0 Å². The predicted octanol–water partition coefficient (Wildman–Crippen LogP) is 2.97. The van der Waals surface area contributed by atoms with Crippen molar-refractivity contribution in [3.05, 3.63) is 30.1 Å². The Bertz CT molecular complexity index is 855. The molecular formula is C15H19FN4O3S3. The Hall–Kier alpha value is -1.72. The number of carbonyl (C=O) groups is 1. The molecule has 26 heavy (non-hydrogen) atoms. The van der Waals surface area contributed by atoms with Gasteiger partial charge in [0.1, 0.15) is 11.9 Å². The van der Waals surface area contributed by atoms with E-state index >= 15 is 0 Å². The van der Waals surface area contributed by atoms with Gasteiger partial charge in [0.2, 0.25) is 21.1 Å². The molecular weight excluding hydrogens is 399 g/mol. The molecule has 0 saturated carbocycles. The maximum Gasteiger partial charge on any atom is 0.249 e. The molecule has 142 valence electrons. The molecule has 0 fully saturated rings. The van der Waals surface area contributed by atoms with Gasteiger partial charge in [-0.15, -0.1) is 10.2 Å². The summed E-state index contributed by atoms with van der Waals surface area (Å²) in [6, 6.07) is 3.85. The van der Waals surface area contributed by atoms with E-state index < -0.39 is 27.8 Å². The number of aromatic nitrogens is 2. The zero-order chi connectivity index (χ0) is 19.3. The van der Waals surface area contributed by atoms with Crippen LogP contribution >= 0.6 is 23.1 Å². The van der Waals surface area contributed by atoms with E-state index in [1.54, 1.807) is 0 Å². The smallest absolute Gasteiger partial charge is 0.249 e. The molecule has 1 aromatic carbocycles. The average molecular weight is 419 g/mol. The summed E-state index contributed by atoms with van der Waals surface area (Å²) in [6.07, 6.45) is 1.98. The quantitative estimate of drug-likeness (QED) is 0.523. The highest BCUT2D eigenvalue weighted by molar-refractivity contribution is 8.01. The number of benzene rings is 1. The Morgan fingerprint density at radius 3 is 2.58 bits per heavy atom. The molecule has 0 aliphatic carbocycles. The van der Waals surface area contributed by atoms with Crippen molar-refractivity contribution in [2.75, 3.05) is 21.6 Å². The van der Waals surface area contributed by atoms with E-state index in [-0.39, 0.29) is 5.69 Å². The number of halogens is 1. The number of hydrogen-bond acceptors (Lipinski definition) is 7. The number of hydrogen-bond donors (Lipinski definition) is 1. The topological polar surface area (TPSA) is 92.3 Å². The van der Waals surface area contributed by atoms with Gasteiger partial charge in [-0.2, -0.15) is 0 Å². The summed E-state index contributed by atoms with van der Waals surface area (Å²) in [5.41, 5.74) is 0.202. The largest absolute Gasteiger partial charge is 0.299 e. The predicted molar refractivity (Wildman–Crippen MR) is 103 cm³/mol. The highest BCUT2D eigenvalue weighted by Crippen LogP contribution is 2.27. The van der Waals surface area contributed by atoms with Crippen molar-refractivity contribution in [2.24, 2.45) is 0 Å². The van der Waals surface area contributed by atoms with Crippen LogP contribution in [0.25, 0.3) is 0 Å². The van der Waals surface area contributed by atoms with Crippen molar-refractivity contribution < 1.29 is 17.6 Å². The van der Waals surface area contributed by atoms with Crippen LogP contribution in [-0.4, -0.2) is 42.6 Å². The number of nitrogens with zero attached hydrogens (tertiary/aromatic N) is 3. The fourth-order valence-electron chi connectivity index (χ4n) is 2.11. The molecule has 0 saturated heterocycles. The van der Waals surface area contributed by atoms with Gasteiger partial charge in [0.25, 0.3) is 0 Å². The maximum absolute atomic E-state index is 13.1. The second kappa shape index (κ2) is 8.78. The van der Waals surface area contributed by atoms with Crippen molar-refractivity contribution in [1.82, 2.24) is 10.2 Å². The van der Waals surface area contributed by atoms with Crippen molar-refractivity contribution in [3.8, 4) is 0 Å². The molecule has 1 amide bonds. The Kier molecular flexibility index (Phi) is 6.95. The zero-order valence-corrected chi connectivity index (χ0v) is 16.9. The fourth-order valence-corrected chi connectivity index (χ4v) is 4.97. The van der Waals surface area contributed by atoms with E-state index in [0.29, 0.717) is 5.13 Å². The van der Waals surface area contributed by atoms with Gasteiger partial charge in [-0.3, -0.25) is 14.4 Å². The Morgan fingerprint density at radius 1 is 1.35 bits per heavy atom. The van der Waals surface area contributed by atoms with E-state index in [4.69, 9.17) is 0 Å². The minimum Gasteiger partial charge on any atom is -0.299 e. The molecule has 0 radical (unpaired) electrons. The van der Waals surface area contributed by atoms with Gasteiger partial charge in [-0.1, -0.05) is 30.0 Å². The van der Waals surface area contributed by atoms with Crippen LogP contribution in [0.3, 0.4) is 0 Å². The third kappa shape index (κ3) is 5.39. The number of carbonyl (C=O) groups excluding carboxylic acids is 1. The number of rotatable bonds is 8. The van der Waals surface area contributed by atoms with Gasteiger partial charge < -0.3 is 0 Å². The van der Waals surface area contributed by atoms with Gasteiger partial charge in [0.15, 0.2) is 4.34 Å². The Morgan fingerprint density at radius 2 is 2.00 bits per heavy atom. The van der Waals surface area contributed by atoms with E-state index in [0.717, 1.165) is 39.2 Å². The number of amides is 1. The van der Waals surface area contributed by atoms with E-state index in [2.05, 4.69) is 15.5 Å². The van der Waals surface area contributed by atoms with Crippen LogP contribution in [0.4, 0.5) is 15.2 Å². The second-order valence-corrected chi connectivity index (χ2v) is 9.60. The van der Waals surface area contributed by atoms with Crippen LogP contribution in [0, 0.1) is 5.82 Å². The highest BCUT2D eigenvalue weighted by atomic mass is 32.2. The standard InChI is InChI=1S/C15H19FN4O3S3/c1-4-9-24-15-19-18-14(25-15)17-13(21)10(2)20(26(3,22)23)12-7-5-11(16)6-8-12/h5-8,10H,4,9H2,1-3H3,(H,17,18,21). The van der Waals surface area contributed by atoms with Gasteiger partial charge in [0.05, 0.1) is 11.9 Å². The SMILES string of the molecule is CCCSc1nnc(NC(=O)C(C)N(c2ccc(F)cc2)S(C)(=O)=O)s1. The third-order valence-corrected chi connectivity index (χ3v) is 6.66. The highest BCUT2D eigenvalue weighted by Gasteiger charge is 2.29. The van der Waals surface area contributed by atoms with Crippen LogP contribution in [0.15, 0.2) is 28.6 Å². The number of nitrogens with one attached hydrogen (secondary N) is 1. The molecule has 1 heterocycles. The molecule has 1 atom stereocenters. The van der Waals surface area contributed by atoms with E-state index in [1.165, 1.54) is 42.2 Å². The van der Waals surface area contributed by atoms with Crippen molar-refractivity contribution >= 4 is 49.8 Å². The normalized spacial score (nSPS) is 12.6.